The topological polar surface area (TPSA) is 49.4 Å². The largest absolute Gasteiger partial charge is 0.354 e. The number of carbonyl (C=O) groups excluding carboxylic acids is 2. The Morgan fingerprint density at radius 2 is 1.72 bits per heavy atom. The Hall–Kier alpha value is -1.11. The van der Waals surface area contributed by atoms with E-state index in [2.05, 4.69) is 5.32 Å². The molecule has 9 heteroatoms. The van der Waals surface area contributed by atoms with E-state index in [0.29, 0.717) is 38.8 Å². The zero-order valence-corrected chi connectivity index (χ0v) is 21.8. The lowest BCUT2D eigenvalue weighted by Crippen LogP contribution is -2.49. The minimum atomic E-state index is -0.606. The first-order valence-corrected chi connectivity index (χ1v) is 13.0. The molecule has 0 aliphatic heterocycles. The molecule has 0 saturated heterocycles. The number of thioether (sulfide) groups is 1. The molecule has 1 N–H and O–H groups in total. The fraction of sp³-hybridized carbons (Fsp3) is 0.391. The van der Waals surface area contributed by atoms with Crippen molar-refractivity contribution >= 4 is 70.0 Å². The van der Waals surface area contributed by atoms with Gasteiger partial charge in [0.15, 0.2) is 0 Å². The van der Waals surface area contributed by atoms with E-state index in [-0.39, 0.29) is 24.1 Å². The minimum Gasteiger partial charge on any atom is -0.354 e. The van der Waals surface area contributed by atoms with Gasteiger partial charge in [0.25, 0.3) is 0 Å². The van der Waals surface area contributed by atoms with Gasteiger partial charge in [-0.3, -0.25) is 9.59 Å². The van der Waals surface area contributed by atoms with Crippen molar-refractivity contribution < 1.29 is 9.59 Å². The van der Waals surface area contributed by atoms with Crippen LogP contribution in [-0.4, -0.2) is 35.1 Å². The number of nitrogens with one attached hydrogen (secondary N) is 1. The summed E-state index contributed by atoms with van der Waals surface area (Å²) in [4.78, 5) is 27.6. The first-order chi connectivity index (χ1) is 15.3. The van der Waals surface area contributed by atoms with Crippen molar-refractivity contribution in [2.24, 2.45) is 0 Å². The molecule has 1 unspecified atom stereocenters. The quantitative estimate of drug-likeness (QED) is 0.341. The van der Waals surface area contributed by atoms with Crippen LogP contribution in [0.4, 0.5) is 0 Å². The molecule has 0 saturated carbocycles. The van der Waals surface area contributed by atoms with Crippen molar-refractivity contribution in [2.75, 3.05) is 12.3 Å². The van der Waals surface area contributed by atoms with E-state index in [1.54, 1.807) is 41.3 Å². The van der Waals surface area contributed by atoms with Gasteiger partial charge in [0.05, 0.1) is 5.75 Å². The van der Waals surface area contributed by atoms with E-state index < -0.39 is 6.04 Å². The number of amides is 2. The van der Waals surface area contributed by atoms with Gasteiger partial charge in [-0.1, -0.05) is 72.4 Å². The summed E-state index contributed by atoms with van der Waals surface area (Å²) in [5, 5.41) is 4.99. The molecule has 0 spiro atoms. The third kappa shape index (κ3) is 7.74. The average molecular weight is 536 g/mol. The van der Waals surface area contributed by atoms with E-state index in [9.17, 15) is 9.59 Å². The fourth-order valence-electron chi connectivity index (χ4n) is 3.11. The van der Waals surface area contributed by atoms with Gasteiger partial charge in [-0.05, 0) is 48.2 Å². The molecule has 174 valence electrons. The molecule has 2 aromatic rings. The summed E-state index contributed by atoms with van der Waals surface area (Å²) in [5.41, 5.74) is 1.51. The lowest BCUT2D eigenvalue weighted by atomic mass is 10.1. The molecule has 0 fully saturated rings. The molecule has 2 aromatic carbocycles. The molecule has 2 amide bonds. The lowest BCUT2D eigenvalue weighted by molar-refractivity contribution is -0.139. The first-order valence-electron chi connectivity index (χ1n) is 10.3. The van der Waals surface area contributed by atoms with Crippen LogP contribution in [0.2, 0.25) is 20.1 Å². The van der Waals surface area contributed by atoms with Crippen LogP contribution in [0.15, 0.2) is 36.4 Å². The van der Waals surface area contributed by atoms with Crippen LogP contribution in [0, 0.1) is 0 Å². The highest BCUT2D eigenvalue weighted by Crippen LogP contribution is 2.29. The number of benzene rings is 2. The van der Waals surface area contributed by atoms with E-state index in [4.69, 9.17) is 46.4 Å². The summed E-state index contributed by atoms with van der Waals surface area (Å²) in [6.07, 6.45) is 1.29. The molecule has 2 rings (SSSR count). The van der Waals surface area contributed by atoms with Crippen LogP contribution in [0.5, 0.6) is 0 Å². The second-order valence-corrected chi connectivity index (χ2v) is 9.81. The smallest absolute Gasteiger partial charge is 0.242 e. The predicted octanol–water partition coefficient (Wildman–Crippen LogP) is 6.87. The Labute approximate surface area is 213 Å². The lowest BCUT2D eigenvalue weighted by Gasteiger charge is -2.31. The third-order valence-electron chi connectivity index (χ3n) is 4.82. The van der Waals surface area contributed by atoms with Gasteiger partial charge in [0.1, 0.15) is 6.04 Å². The van der Waals surface area contributed by atoms with E-state index in [1.807, 2.05) is 13.8 Å². The Balaban J connectivity index is 2.19. The van der Waals surface area contributed by atoms with Gasteiger partial charge in [-0.15, -0.1) is 11.8 Å². The van der Waals surface area contributed by atoms with Gasteiger partial charge in [0, 0.05) is 38.9 Å². The zero-order valence-electron chi connectivity index (χ0n) is 18.0. The van der Waals surface area contributed by atoms with Crippen LogP contribution in [-0.2, 0) is 21.9 Å². The summed E-state index contributed by atoms with van der Waals surface area (Å²) in [5.74, 6) is 0.317. The van der Waals surface area contributed by atoms with Crippen molar-refractivity contribution in [3.8, 4) is 0 Å². The molecular weight excluding hydrogens is 510 g/mol. The molecule has 0 aliphatic carbocycles. The van der Waals surface area contributed by atoms with Crippen molar-refractivity contribution in [3.63, 3.8) is 0 Å². The van der Waals surface area contributed by atoms with Crippen LogP contribution >= 0.6 is 58.2 Å². The van der Waals surface area contributed by atoms with Crippen LogP contribution in [0.1, 0.15) is 37.8 Å². The molecule has 0 radical (unpaired) electrons. The van der Waals surface area contributed by atoms with Gasteiger partial charge in [-0.2, -0.15) is 0 Å². The van der Waals surface area contributed by atoms with Crippen molar-refractivity contribution in [1.82, 2.24) is 10.2 Å². The van der Waals surface area contributed by atoms with Crippen molar-refractivity contribution in [1.29, 1.82) is 0 Å². The summed E-state index contributed by atoms with van der Waals surface area (Å²) < 4.78 is 0. The Kier molecular flexibility index (Phi) is 11.5. The molecule has 0 aromatic heterocycles. The normalized spacial score (nSPS) is 11.8. The monoisotopic (exact) mass is 534 g/mol. The highest BCUT2D eigenvalue weighted by Gasteiger charge is 2.29. The number of carbonyl (C=O) groups is 2. The highest BCUT2D eigenvalue weighted by atomic mass is 35.5. The molecule has 0 bridgehead atoms. The second-order valence-electron chi connectivity index (χ2n) is 7.17. The standard InChI is InChI=1S/C23H26Cl4N2O2S/c1-3-10-28-23(31)21(4-2)29(12-15-8-9-16(24)11-20(15)27)22(30)14-32-13-17-18(25)6-5-7-19(17)26/h5-9,11,21H,3-4,10,12-14H2,1-2H3,(H,28,31). The summed E-state index contributed by atoms with van der Waals surface area (Å²) in [6.45, 7) is 4.63. The number of hydrogen-bond acceptors (Lipinski definition) is 3. The van der Waals surface area contributed by atoms with Crippen molar-refractivity contribution in [2.45, 2.75) is 45.0 Å². The Morgan fingerprint density at radius 1 is 1.03 bits per heavy atom. The van der Waals surface area contributed by atoms with Crippen LogP contribution in [0.25, 0.3) is 0 Å². The molecule has 32 heavy (non-hydrogen) atoms. The van der Waals surface area contributed by atoms with Crippen LogP contribution in [0.3, 0.4) is 0 Å². The summed E-state index contributed by atoms with van der Waals surface area (Å²) in [6, 6.07) is 9.84. The van der Waals surface area contributed by atoms with Gasteiger partial charge >= 0.3 is 0 Å². The van der Waals surface area contributed by atoms with E-state index in [1.165, 1.54) is 11.8 Å². The molecule has 0 heterocycles. The predicted molar refractivity (Wildman–Crippen MR) is 137 cm³/mol. The van der Waals surface area contributed by atoms with Gasteiger partial charge in [0.2, 0.25) is 11.8 Å². The summed E-state index contributed by atoms with van der Waals surface area (Å²) in [7, 11) is 0. The van der Waals surface area contributed by atoms with E-state index >= 15 is 0 Å². The number of hydrogen-bond donors (Lipinski definition) is 1. The fourth-order valence-corrected chi connectivity index (χ4v) is 5.23. The maximum absolute atomic E-state index is 13.3. The number of nitrogens with zero attached hydrogens (tertiary/aromatic N) is 1. The van der Waals surface area contributed by atoms with Gasteiger partial charge < -0.3 is 10.2 Å². The van der Waals surface area contributed by atoms with Crippen molar-refractivity contribution in [3.05, 3.63) is 67.6 Å². The minimum absolute atomic E-state index is 0.164. The Morgan fingerprint density at radius 3 is 2.31 bits per heavy atom. The first kappa shape index (κ1) is 27.1. The third-order valence-corrected chi connectivity index (χ3v) is 7.06. The number of halogens is 4. The highest BCUT2D eigenvalue weighted by molar-refractivity contribution is 7.99. The maximum atomic E-state index is 13.3. The maximum Gasteiger partial charge on any atom is 0.242 e. The Bertz CT molecular complexity index is 922. The van der Waals surface area contributed by atoms with E-state index in [0.717, 1.165) is 17.5 Å². The zero-order chi connectivity index (χ0) is 23.7. The average Bonchev–Trinajstić information content (AvgIpc) is 2.75. The molecule has 4 nitrogen and oxygen atoms in total. The van der Waals surface area contributed by atoms with Crippen LogP contribution < -0.4 is 5.32 Å². The SMILES string of the molecule is CCCNC(=O)C(CC)N(Cc1ccc(Cl)cc1Cl)C(=O)CSCc1c(Cl)cccc1Cl. The summed E-state index contributed by atoms with van der Waals surface area (Å²) >= 11 is 26.2. The molecule has 0 aliphatic rings. The number of rotatable bonds is 11. The van der Waals surface area contributed by atoms with Gasteiger partial charge in [-0.25, -0.2) is 0 Å². The molecular formula is C23H26Cl4N2O2S. The molecule has 1 atom stereocenters. The second kappa shape index (κ2) is 13.6.